The molecule has 0 aromatic heterocycles. The molecule has 2 fully saturated rings. The van der Waals surface area contributed by atoms with Crippen molar-refractivity contribution in [3.05, 3.63) is 0 Å². The fraction of sp³-hybridized carbons (Fsp3) is 0.923. The maximum Gasteiger partial charge on any atom is 0.238 e. The summed E-state index contributed by atoms with van der Waals surface area (Å²) >= 11 is 0. The van der Waals surface area contributed by atoms with Crippen molar-refractivity contribution >= 4 is 15.7 Å². The zero-order chi connectivity index (χ0) is 14.0. The first kappa shape index (κ1) is 14.8. The molecular formula is C13H24N2O3S. The van der Waals surface area contributed by atoms with Gasteiger partial charge in [0.1, 0.15) is 5.75 Å². The van der Waals surface area contributed by atoms with Gasteiger partial charge in [0, 0.05) is 25.2 Å². The molecule has 0 aromatic carbocycles. The van der Waals surface area contributed by atoms with Crippen molar-refractivity contribution in [3.8, 4) is 0 Å². The Morgan fingerprint density at radius 2 is 1.89 bits per heavy atom. The number of rotatable bonds is 3. The van der Waals surface area contributed by atoms with Gasteiger partial charge < -0.3 is 10.2 Å². The van der Waals surface area contributed by atoms with E-state index in [1.54, 1.807) is 4.90 Å². The first-order chi connectivity index (χ1) is 8.92. The normalized spacial score (nSPS) is 29.7. The van der Waals surface area contributed by atoms with Gasteiger partial charge in [0.15, 0.2) is 9.84 Å². The Balaban J connectivity index is 2.00. The van der Waals surface area contributed by atoms with E-state index in [2.05, 4.69) is 5.32 Å². The summed E-state index contributed by atoms with van der Waals surface area (Å²) in [5.74, 6) is -0.540. The summed E-state index contributed by atoms with van der Waals surface area (Å²) in [4.78, 5) is 14.0. The molecule has 110 valence electrons. The minimum Gasteiger partial charge on any atom is -0.336 e. The standard InChI is InChI=1S/C13H24N2O3S/c1-10-11(2)15(8-7-14-10)13(16)9-19(17,18)12-5-3-4-6-12/h10-12,14H,3-9H2,1-2H3. The summed E-state index contributed by atoms with van der Waals surface area (Å²) < 4.78 is 24.4. The van der Waals surface area contributed by atoms with Crippen LogP contribution in [0.5, 0.6) is 0 Å². The zero-order valence-corrected chi connectivity index (χ0v) is 12.6. The van der Waals surface area contributed by atoms with Gasteiger partial charge in [-0.3, -0.25) is 4.79 Å². The summed E-state index contributed by atoms with van der Waals surface area (Å²) in [5.41, 5.74) is 0. The lowest BCUT2D eigenvalue weighted by molar-refractivity contribution is -0.132. The molecule has 1 N–H and O–H groups in total. The largest absolute Gasteiger partial charge is 0.336 e. The predicted octanol–water partition coefficient (Wildman–Crippen LogP) is 0.553. The van der Waals surface area contributed by atoms with Gasteiger partial charge in [-0.05, 0) is 26.7 Å². The van der Waals surface area contributed by atoms with Crippen LogP contribution in [0.15, 0.2) is 0 Å². The van der Waals surface area contributed by atoms with Crippen molar-refractivity contribution in [1.82, 2.24) is 10.2 Å². The smallest absolute Gasteiger partial charge is 0.238 e. The maximum atomic E-state index is 12.2. The van der Waals surface area contributed by atoms with Crippen LogP contribution in [-0.2, 0) is 14.6 Å². The van der Waals surface area contributed by atoms with E-state index >= 15 is 0 Å². The summed E-state index contributed by atoms with van der Waals surface area (Å²) in [6.07, 6.45) is 3.39. The summed E-state index contributed by atoms with van der Waals surface area (Å²) in [7, 11) is -3.26. The van der Waals surface area contributed by atoms with Gasteiger partial charge in [0.25, 0.3) is 0 Å². The van der Waals surface area contributed by atoms with Crippen molar-refractivity contribution in [3.63, 3.8) is 0 Å². The topological polar surface area (TPSA) is 66.5 Å². The Morgan fingerprint density at radius 3 is 2.53 bits per heavy atom. The van der Waals surface area contributed by atoms with Crippen LogP contribution >= 0.6 is 0 Å². The SMILES string of the molecule is CC1NCCN(C(=O)CS(=O)(=O)C2CCCC2)C1C. The average molecular weight is 288 g/mol. The van der Waals surface area contributed by atoms with E-state index in [1.807, 2.05) is 13.8 Å². The molecule has 19 heavy (non-hydrogen) atoms. The van der Waals surface area contributed by atoms with Crippen LogP contribution < -0.4 is 5.32 Å². The zero-order valence-electron chi connectivity index (χ0n) is 11.8. The molecule has 1 aliphatic carbocycles. The van der Waals surface area contributed by atoms with Crippen molar-refractivity contribution in [2.45, 2.75) is 56.9 Å². The van der Waals surface area contributed by atoms with Crippen LogP contribution in [0.4, 0.5) is 0 Å². The van der Waals surface area contributed by atoms with E-state index in [1.165, 1.54) is 0 Å². The van der Waals surface area contributed by atoms with Gasteiger partial charge in [-0.2, -0.15) is 0 Å². The molecule has 0 spiro atoms. The molecule has 6 heteroatoms. The lowest BCUT2D eigenvalue weighted by Gasteiger charge is -2.38. The number of carbonyl (C=O) groups is 1. The molecule has 0 radical (unpaired) electrons. The number of nitrogens with one attached hydrogen (secondary N) is 1. The van der Waals surface area contributed by atoms with Crippen LogP contribution in [0.25, 0.3) is 0 Å². The van der Waals surface area contributed by atoms with Crippen LogP contribution in [0.2, 0.25) is 0 Å². The Morgan fingerprint density at radius 1 is 1.26 bits per heavy atom. The Labute approximate surface area is 115 Å². The summed E-state index contributed by atoms with van der Waals surface area (Å²) in [6, 6.07) is 0.270. The number of nitrogens with zero attached hydrogens (tertiary/aromatic N) is 1. The molecule has 2 rings (SSSR count). The van der Waals surface area contributed by atoms with E-state index in [-0.39, 0.29) is 29.0 Å². The van der Waals surface area contributed by atoms with E-state index in [4.69, 9.17) is 0 Å². The second-order valence-corrected chi connectivity index (χ2v) is 8.07. The highest BCUT2D eigenvalue weighted by molar-refractivity contribution is 7.92. The molecule has 2 aliphatic rings. The van der Waals surface area contributed by atoms with Crippen LogP contribution in [0.3, 0.4) is 0 Å². The number of sulfone groups is 1. The fourth-order valence-electron chi connectivity index (χ4n) is 3.03. The third-order valence-corrected chi connectivity index (χ3v) is 6.63. The molecule has 1 heterocycles. The fourth-order valence-corrected chi connectivity index (χ4v) is 4.83. The molecule has 1 aliphatic heterocycles. The van der Waals surface area contributed by atoms with Crippen LogP contribution in [0, 0.1) is 0 Å². The Kier molecular flexibility index (Phi) is 4.50. The highest BCUT2D eigenvalue weighted by Gasteiger charge is 2.35. The van der Waals surface area contributed by atoms with Gasteiger partial charge in [-0.15, -0.1) is 0 Å². The first-order valence-corrected chi connectivity index (χ1v) is 8.88. The molecule has 2 atom stereocenters. The van der Waals surface area contributed by atoms with E-state index < -0.39 is 9.84 Å². The molecule has 1 amide bonds. The third kappa shape index (κ3) is 3.28. The van der Waals surface area contributed by atoms with Crippen molar-refractivity contribution in [2.75, 3.05) is 18.8 Å². The maximum absolute atomic E-state index is 12.2. The average Bonchev–Trinajstić information content (AvgIpc) is 2.86. The summed E-state index contributed by atoms with van der Waals surface area (Å²) in [6.45, 7) is 5.33. The lowest BCUT2D eigenvalue weighted by Crippen LogP contribution is -2.58. The number of piperazine rings is 1. The molecule has 0 bridgehead atoms. The number of amides is 1. The number of hydrogen-bond donors (Lipinski definition) is 1. The van der Waals surface area contributed by atoms with E-state index in [0.29, 0.717) is 6.54 Å². The highest BCUT2D eigenvalue weighted by Crippen LogP contribution is 2.25. The monoisotopic (exact) mass is 288 g/mol. The van der Waals surface area contributed by atoms with Gasteiger partial charge in [-0.25, -0.2) is 8.42 Å². The van der Waals surface area contributed by atoms with Gasteiger partial charge in [0.2, 0.25) is 5.91 Å². The third-order valence-electron chi connectivity index (χ3n) is 4.49. The van der Waals surface area contributed by atoms with E-state index in [9.17, 15) is 13.2 Å². The first-order valence-electron chi connectivity index (χ1n) is 7.16. The molecule has 1 saturated carbocycles. The molecule has 5 nitrogen and oxygen atoms in total. The van der Waals surface area contributed by atoms with E-state index in [0.717, 1.165) is 32.2 Å². The van der Waals surface area contributed by atoms with Gasteiger partial charge in [-0.1, -0.05) is 12.8 Å². The molecule has 1 saturated heterocycles. The molecular weight excluding hydrogens is 264 g/mol. The molecule has 0 aromatic rings. The molecule has 2 unspecified atom stereocenters. The van der Waals surface area contributed by atoms with Crippen molar-refractivity contribution < 1.29 is 13.2 Å². The van der Waals surface area contributed by atoms with Gasteiger partial charge >= 0.3 is 0 Å². The second kappa shape index (κ2) is 5.79. The minimum atomic E-state index is -3.26. The number of hydrogen-bond acceptors (Lipinski definition) is 4. The lowest BCUT2D eigenvalue weighted by atomic mass is 10.1. The second-order valence-electron chi connectivity index (χ2n) is 5.78. The van der Waals surface area contributed by atoms with Gasteiger partial charge in [0.05, 0.1) is 5.25 Å². The quantitative estimate of drug-likeness (QED) is 0.824. The van der Waals surface area contributed by atoms with Crippen molar-refractivity contribution in [1.29, 1.82) is 0 Å². The number of carbonyl (C=O) groups excluding carboxylic acids is 1. The Bertz CT molecular complexity index is 429. The highest BCUT2D eigenvalue weighted by atomic mass is 32.2. The van der Waals surface area contributed by atoms with Crippen LogP contribution in [-0.4, -0.2) is 55.4 Å². The van der Waals surface area contributed by atoms with Crippen molar-refractivity contribution in [2.24, 2.45) is 0 Å². The summed E-state index contributed by atoms with van der Waals surface area (Å²) in [5, 5.41) is 3.01. The Hall–Kier alpha value is -0.620. The predicted molar refractivity (Wildman–Crippen MR) is 74.7 cm³/mol. The van der Waals surface area contributed by atoms with Crippen LogP contribution in [0.1, 0.15) is 39.5 Å². The minimum absolute atomic E-state index is 0.0556.